The van der Waals surface area contributed by atoms with Gasteiger partial charge in [-0.1, -0.05) is 0 Å². The Balaban J connectivity index is 1.62. The molecule has 0 aromatic carbocycles. The maximum absolute atomic E-state index is 11.9. The summed E-state index contributed by atoms with van der Waals surface area (Å²) in [5.74, 6) is 1.98. The topological polar surface area (TPSA) is 75.0 Å². The lowest BCUT2D eigenvalue weighted by atomic mass is 10.0. The van der Waals surface area contributed by atoms with E-state index in [0.29, 0.717) is 12.6 Å². The third-order valence-corrected chi connectivity index (χ3v) is 5.37. The van der Waals surface area contributed by atoms with Gasteiger partial charge in [0.2, 0.25) is 5.91 Å². The highest BCUT2D eigenvalue weighted by molar-refractivity contribution is 5.73. The van der Waals surface area contributed by atoms with Crippen molar-refractivity contribution < 1.29 is 18.7 Å². The molecule has 1 N–H and O–H groups in total. The quantitative estimate of drug-likeness (QED) is 0.887. The molecule has 0 aliphatic carbocycles. The summed E-state index contributed by atoms with van der Waals surface area (Å²) < 4.78 is 10.9. The van der Waals surface area contributed by atoms with Crippen molar-refractivity contribution in [2.45, 2.75) is 51.6 Å². The molecule has 2 fully saturated rings. The Morgan fingerprint density at radius 1 is 1.27 bits per heavy atom. The van der Waals surface area contributed by atoms with Gasteiger partial charge in [-0.25, -0.2) is 4.79 Å². The largest absolute Gasteiger partial charge is 0.466 e. The summed E-state index contributed by atoms with van der Waals surface area (Å²) in [6.45, 7) is 8.85. The molecule has 2 saturated heterocycles. The minimum Gasteiger partial charge on any atom is -0.466 e. The zero-order valence-electron chi connectivity index (χ0n) is 15.9. The van der Waals surface area contributed by atoms with Crippen molar-refractivity contribution in [3.8, 4) is 0 Å². The number of ether oxygens (including phenoxy) is 1. The summed E-state index contributed by atoms with van der Waals surface area (Å²) >= 11 is 0. The van der Waals surface area contributed by atoms with Gasteiger partial charge in [-0.15, -0.1) is 0 Å². The molecular formula is C19H29N3O4. The second kappa shape index (κ2) is 8.12. The molecule has 144 valence electrons. The van der Waals surface area contributed by atoms with E-state index in [-0.39, 0.29) is 24.0 Å². The van der Waals surface area contributed by atoms with E-state index in [1.165, 1.54) is 0 Å². The van der Waals surface area contributed by atoms with Crippen LogP contribution < -0.4 is 5.32 Å². The number of hydrogen-bond acceptors (Lipinski definition) is 5. The Labute approximate surface area is 154 Å². The van der Waals surface area contributed by atoms with Gasteiger partial charge in [0.1, 0.15) is 11.5 Å². The number of likely N-dealkylation sites (tertiary alicyclic amines) is 2. The molecule has 0 radical (unpaired) electrons. The molecule has 2 atom stereocenters. The number of aryl methyl sites for hydroxylation is 1. The zero-order chi connectivity index (χ0) is 18.7. The third kappa shape index (κ3) is 4.20. The normalized spacial score (nSPS) is 24.7. The first kappa shape index (κ1) is 18.8. The summed E-state index contributed by atoms with van der Waals surface area (Å²) in [7, 11) is 0. The molecule has 7 nitrogen and oxygen atoms in total. The third-order valence-electron chi connectivity index (χ3n) is 5.37. The first-order chi connectivity index (χ1) is 12.5. The van der Waals surface area contributed by atoms with Crippen molar-refractivity contribution in [1.82, 2.24) is 15.1 Å². The molecule has 3 heterocycles. The fourth-order valence-electron chi connectivity index (χ4n) is 4.11. The highest BCUT2D eigenvalue weighted by atomic mass is 16.6. The lowest BCUT2D eigenvalue weighted by Gasteiger charge is -2.36. The number of piperidine rings is 1. The number of carbonyl (C=O) groups is 2. The van der Waals surface area contributed by atoms with Crippen molar-refractivity contribution in [3.63, 3.8) is 0 Å². The van der Waals surface area contributed by atoms with Gasteiger partial charge in [0.15, 0.2) is 0 Å². The molecular weight excluding hydrogens is 334 g/mol. The highest BCUT2D eigenvalue weighted by Crippen LogP contribution is 2.32. The van der Waals surface area contributed by atoms with Gasteiger partial charge in [0, 0.05) is 39.1 Å². The number of amides is 2. The lowest BCUT2D eigenvalue weighted by Crippen LogP contribution is -2.47. The van der Waals surface area contributed by atoms with Crippen LogP contribution in [0.4, 0.5) is 4.79 Å². The average Bonchev–Trinajstić information content (AvgIpc) is 3.21. The van der Waals surface area contributed by atoms with Crippen LogP contribution in [0.25, 0.3) is 0 Å². The molecule has 1 aromatic rings. The standard InChI is InChI=1S/C19H29N3O4/c1-4-25-19(24)21-9-7-15(8-10-21)22-11-16(17(12-22)20-14(3)23)18-6-5-13(2)26-18/h5-6,15-17H,4,7-12H2,1-3H3,(H,20,23)/t16-,17-/m0/s1. The van der Waals surface area contributed by atoms with Crippen molar-refractivity contribution in [2.75, 3.05) is 32.8 Å². The van der Waals surface area contributed by atoms with Gasteiger partial charge in [-0.2, -0.15) is 0 Å². The minimum absolute atomic E-state index is 0.0118. The van der Waals surface area contributed by atoms with Crippen LogP contribution >= 0.6 is 0 Å². The monoisotopic (exact) mass is 363 g/mol. The fraction of sp³-hybridized carbons (Fsp3) is 0.684. The molecule has 2 aliphatic heterocycles. The molecule has 2 amide bonds. The van der Waals surface area contributed by atoms with Gasteiger partial charge in [0.05, 0.1) is 18.6 Å². The van der Waals surface area contributed by atoms with E-state index in [2.05, 4.69) is 10.2 Å². The van der Waals surface area contributed by atoms with Crippen LogP contribution in [0.3, 0.4) is 0 Å². The molecule has 0 spiro atoms. The Kier molecular flexibility index (Phi) is 5.86. The van der Waals surface area contributed by atoms with E-state index in [9.17, 15) is 9.59 Å². The van der Waals surface area contributed by atoms with Crippen LogP contribution in [0.1, 0.15) is 44.1 Å². The predicted molar refractivity (Wildman–Crippen MR) is 97.0 cm³/mol. The van der Waals surface area contributed by atoms with Crippen molar-refractivity contribution >= 4 is 12.0 Å². The molecule has 7 heteroatoms. The van der Waals surface area contributed by atoms with E-state index >= 15 is 0 Å². The van der Waals surface area contributed by atoms with Crippen LogP contribution in [0, 0.1) is 6.92 Å². The molecule has 2 aliphatic rings. The van der Waals surface area contributed by atoms with Gasteiger partial charge in [-0.05, 0) is 38.8 Å². The van der Waals surface area contributed by atoms with Gasteiger partial charge >= 0.3 is 6.09 Å². The van der Waals surface area contributed by atoms with E-state index in [1.807, 2.05) is 26.0 Å². The van der Waals surface area contributed by atoms with Crippen LogP contribution in [-0.2, 0) is 9.53 Å². The summed E-state index contributed by atoms with van der Waals surface area (Å²) in [5, 5.41) is 3.09. The Morgan fingerprint density at radius 2 is 2.00 bits per heavy atom. The Hall–Kier alpha value is -2.02. The first-order valence-electron chi connectivity index (χ1n) is 9.47. The summed E-state index contributed by atoms with van der Waals surface area (Å²) in [6.07, 6.45) is 1.64. The number of hydrogen-bond donors (Lipinski definition) is 1. The zero-order valence-corrected chi connectivity index (χ0v) is 15.9. The van der Waals surface area contributed by atoms with Crippen LogP contribution in [0.5, 0.6) is 0 Å². The SMILES string of the molecule is CCOC(=O)N1CCC(N2C[C@H](NC(C)=O)[C@@H](c3ccc(C)o3)C2)CC1. The second-order valence-corrected chi connectivity index (χ2v) is 7.23. The number of rotatable bonds is 4. The van der Waals surface area contributed by atoms with E-state index in [0.717, 1.165) is 50.5 Å². The fourth-order valence-corrected chi connectivity index (χ4v) is 4.11. The van der Waals surface area contributed by atoms with E-state index < -0.39 is 0 Å². The van der Waals surface area contributed by atoms with Gasteiger partial charge in [0.25, 0.3) is 0 Å². The highest BCUT2D eigenvalue weighted by Gasteiger charge is 2.40. The number of furan rings is 1. The molecule has 26 heavy (non-hydrogen) atoms. The van der Waals surface area contributed by atoms with Crippen molar-refractivity contribution in [3.05, 3.63) is 23.7 Å². The summed E-state index contributed by atoms with van der Waals surface area (Å²) in [5.41, 5.74) is 0. The van der Waals surface area contributed by atoms with E-state index in [1.54, 1.807) is 11.8 Å². The first-order valence-corrected chi connectivity index (χ1v) is 9.47. The Bertz CT molecular complexity index is 636. The van der Waals surface area contributed by atoms with Crippen molar-refractivity contribution in [2.24, 2.45) is 0 Å². The maximum atomic E-state index is 11.9. The van der Waals surface area contributed by atoms with Gasteiger partial charge in [-0.3, -0.25) is 9.69 Å². The molecule has 0 saturated carbocycles. The number of carbonyl (C=O) groups excluding carboxylic acids is 2. The smallest absolute Gasteiger partial charge is 0.409 e. The molecule has 0 bridgehead atoms. The Morgan fingerprint density at radius 3 is 2.58 bits per heavy atom. The van der Waals surface area contributed by atoms with Crippen LogP contribution in [0.2, 0.25) is 0 Å². The van der Waals surface area contributed by atoms with Gasteiger partial charge < -0.3 is 19.4 Å². The summed E-state index contributed by atoms with van der Waals surface area (Å²) in [4.78, 5) is 27.7. The molecule has 0 unspecified atom stereocenters. The number of nitrogens with zero attached hydrogens (tertiary/aromatic N) is 2. The van der Waals surface area contributed by atoms with Crippen LogP contribution in [-0.4, -0.2) is 66.7 Å². The minimum atomic E-state index is -0.215. The second-order valence-electron chi connectivity index (χ2n) is 7.23. The summed E-state index contributed by atoms with van der Waals surface area (Å²) in [6, 6.07) is 4.46. The lowest BCUT2D eigenvalue weighted by molar-refractivity contribution is -0.119. The average molecular weight is 363 g/mol. The molecule has 3 rings (SSSR count). The molecule has 1 aromatic heterocycles. The predicted octanol–water partition coefficient (Wildman–Crippen LogP) is 2.11. The van der Waals surface area contributed by atoms with E-state index in [4.69, 9.17) is 9.15 Å². The maximum Gasteiger partial charge on any atom is 0.409 e. The number of nitrogens with one attached hydrogen (secondary N) is 1. The van der Waals surface area contributed by atoms with Crippen LogP contribution in [0.15, 0.2) is 16.5 Å². The van der Waals surface area contributed by atoms with Crippen molar-refractivity contribution in [1.29, 1.82) is 0 Å².